The Kier molecular flexibility index (Phi) is 4.55. The van der Waals surface area contributed by atoms with E-state index in [0.717, 1.165) is 44.5 Å². The van der Waals surface area contributed by atoms with Gasteiger partial charge in [0.25, 0.3) is 0 Å². The van der Waals surface area contributed by atoms with Crippen LogP contribution in [0, 0.1) is 20.8 Å². The first kappa shape index (κ1) is 17.2. The van der Waals surface area contributed by atoms with Gasteiger partial charge >= 0.3 is 0 Å². The molecule has 0 aliphatic heterocycles. The molecular formula is C23H22N4. The minimum absolute atomic E-state index is 0.698. The molecule has 4 rings (SSSR count). The summed E-state index contributed by atoms with van der Waals surface area (Å²) in [5.41, 5.74) is 6.88. The van der Waals surface area contributed by atoms with Gasteiger partial charge in [0.2, 0.25) is 0 Å². The molecule has 0 aliphatic rings. The topological polar surface area (TPSA) is 50.7 Å². The van der Waals surface area contributed by atoms with Crippen molar-refractivity contribution in [2.75, 3.05) is 5.32 Å². The third-order valence-corrected chi connectivity index (χ3v) is 4.83. The van der Waals surface area contributed by atoms with Gasteiger partial charge in [0.1, 0.15) is 5.82 Å². The zero-order valence-corrected chi connectivity index (χ0v) is 15.8. The Morgan fingerprint density at radius 3 is 2.56 bits per heavy atom. The van der Waals surface area contributed by atoms with Crippen LogP contribution in [0.3, 0.4) is 0 Å². The average Bonchev–Trinajstić information content (AvgIpc) is 2.68. The summed E-state index contributed by atoms with van der Waals surface area (Å²) in [6.45, 7) is 6.87. The van der Waals surface area contributed by atoms with E-state index in [1.165, 1.54) is 5.56 Å². The predicted molar refractivity (Wildman–Crippen MR) is 111 cm³/mol. The molecule has 0 aliphatic carbocycles. The number of hydrogen-bond donors (Lipinski definition) is 1. The van der Waals surface area contributed by atoms with Gasteiger partial charge in [-0.15, -0.1) is 0 Å². The van der Waals surface area contributed by atoms with Crippen LogP contribution < -0.4 is 5.32 Å². The zero-order chi connectivity index (χ0) is 18.8. The van der Waals surface area contributed by atoms with Crippen molar-refractivity contribution < 1.29 is 0 Å². The molecule has 0 spiro atoms. The Labute approximate surface area is 159 Å². The number of nitrogens with zero attached hydrogens (tertiary/aromatic N) is 3. The fourth-order valence-corrected chi connectivity index (χ4v) is 3.19. The van der Waals surface area contributed by atoms with E-state index >= 15 is 0 Å². The number of benzene rings is 1. The molecule has 134 valence electrons. The minimum atomic E-state index is 0.698. The summed E-state index contributed by atoms with van der Waals surface area (Å²) in [6, 6.07) is 12.8. The Morgan fingerprint density at radius 2 is 1.74 bits per heavy atom. The second-order valence-electron chi connectivity index (χ2n) is 6.95. The molecule has 3 heterocycles. The molecule has 4 heteroatoms. The van der Waals surface area contributed by atoms with Crippen molar-refractivity contribution in [3.63, 3.8) is 0 Å². The third-order valence-electron chi connectivity index (χ3n) is 4.83. The predicted octanol–water partition coefficient (Wildman–Crippen LogP) is 5.23. The lowest BCUT2D eigenvalue weighted by molar-refractivity contribution is 1.05. The van der Waals surface area contributed by atoms with Gasteiger partial charge in [-0.05, 0) is 66.6 Å². The summed E-state index contributed by atoms with van der Waals surface area (Å²) in [5.74, 6) is 0.889. The molecule has 27 heavy (non-hydrogen) atoms. The standard InChI is InChI=1S/C23H22N4/c1-15-8-21(14-24-11-15)19-4-5-22-20(10-19)6-7-25-23(22)27-13-18-9-16(2)17(3)26-12-18/h4-12,14H,13H2,1-3H3,(H,25,27). The van der Waals surface area contributed by atoms with E-state index in [4.69, 9.17) is 0 Å². The van der Waals surface area contributed by atoms with Crippen LogP contribution in [-0.2, 0) is 6.54 Å². The second kappa shape index (κ2) is 7.16. The second-order valence-corrected chi connectivity index (χ2v) is 6.95. The fraction of sp³-hybridized carbons (Fsp3) is 0.174. The summed E-state index contributed by atoms with van der Waals surface area (Å²) in [4.78, 5) is 13.3. The van der Waals surface area contributed by atoms with Crippen LogP contribution in [0.2, 0.25) is 0 Å². The first-order chi connectivity index (χ1) is 13.1. The first-order valence-electron chi connectivity index (χ1n) is 9.07. The van der Waals surface area contributed by atoms with E-state index < -0.39 is 0 Å². The molecule has 0 bridgehead atoms. The highest BCUT2D eigenvalue weighted by molar-refractivity contribution is 5.94. The number of aromatic nitrogens is 3. The third kappa shape index (κ3) is 3.65. The van der Waals surface area contributed by atoms with Gasteiger partial charge in [-0.1, -0.05) is 18.2 Å². The lowest BCUT2D eigenvalue weighted by Crippen LogP contribution is -2.03. The molecule has 0 saturated carbocycles. The van der Waals surface area contributed by atoms with Gasteiger partial charge in [-0.3, -0.25) is 9.97 Å². The van der Waals surface area contributed by atoms with Crippen molar-refractivity contribution >= 4 is 16.6 Å². The quantitative estimate of drug-likeness (QED) is 0.545. The number of rotatable bonds is 4. The zero-order valence-electron chi connectivity index (χ0n) is 15.8. The van der Waals surface area contributed by atoms with Crippen LogP contribution in [0.5, 0.6) is 0 Å². The number of anilines is 1. The van der Waals surface area contributed by atoms with Gasteiger partial charge in [-0.2, -0.15) is 0 Å². The van der Waals surface area contributed by atoms with Gasteiger partial charge in [0.05, 0.1) is 0 Å². The van der Waals surface area contributed by atoms with E-state index in [-0.39, 0.29) is 0 Å². The van der Waals surface area contributed by atoms with Crippen molar-refractivity contribution in [3.05, 3.63) is 83.6 Å². The molecule has 4 nitrogen and oxygen atoms in total. The number of fused-ring (bicyclic) bond motifs is 1. The largest absolute Gasteiger partial charge is 0.365 e. The lowest BCUT2D eigenvalue weighted by Gasteiger charge is -2.11. The van der Waals surface area contributed by atoms with Crippen molar-refractivity contribution in [2.24, 2.45) is 0 Å². The van der Waals surface area contributed by atoms with E-state index in [9.17, 15) is 0 Å². The van der Waals surface area contributed by atoms with Crippen molar-refractivity contribution in [1.29, 1.82) is 0 Å². The molecule has 0 saturated heterocycles. The highest BCUT2D eigenvalue weighted by atomic mass is 15.0. The molecule has 0 atom stereocenters. The smallest absolute Gasteiger partial charge is 0.134 e. The Morgan fingerprint density at radius 1 is 0.852 bits per heavy atom. The summed E-state index contributed by atoms with van der Waals surface area (Å²) < 4.78 is 0. The van der Waals surface area contributed by atoms with Gasteiger partial charge in [0.15, 0.2) is 0 Å². The summed E-state index contributed by atoms with van der Waals surface area (Å²) in [5, 5.41) is 5.72. The molecule has 0 fully saturated rings. The first-order valence-corrected chi connectivity index (χ1v) is 9.07. The molecule has 0 unspecified atom stereocenters. The van der Waals surface area contributed by atoms with Crippen LogP contribution in [0.1, 0.15) is 22.4 Å². The minimum Gasteiger partial charge on any atom is -0.365 e. The van der Waals surface area contributed by atoms with Crippen LogP contribution in [0.25, 0.3) is 21.9 Å². The van der Waals surface area contributed by atoms with Crippen molar-refractivity contribution in [1.82, 2.24) is 15.0 Å². The van der Waals surface area contributed by atoms with Crippen molar-refractivity contribution in [2.45, 2.75) is 27.3 Å². The normalized spacial score (nSPS) is 10.9. The maximum absolute atomic E-state index is 4.53. The molecule has 1 N–H and O–H groups in total. The van der Waals surface area contributed by atoms with E-state index in [2.05, 4.69) is 64.4 Å². The van der Waals surface area contributed by atoms with Crippen LogP contribution in [0.4, 0.5) is 5.82 Å². The average molecular weight is 354 g/mol. The number of aryl methyl sites for hydroxylation is 3. The maximum Gasteiger partial charge on any atom is 0.134 e. The lowest BCUT2D eigenvalue weighted by atomic mass is 10.0. The highest BCUT2D eigenvalue weighted by Crippen LogP contribution is 2.28. The number of nitrogens with one attached hydrogen (secondary N) is 1. The summed E-state index contributed by atoms with van der Waals surface area (Å²) >= 11 is 0. The maximum atomic E-state index is 4.53. The monoisotopic (exact) mass is 354 g/mol. The number of hydrogen-bond acceptors (Lipinski definition) is 4. The van der Waals surface area contributed by atoms with Crippen molar-refractivity contribution in [3.8, 4) is 11.1 Å². The Hall–Kier alpha value is -3.27. The van der Waals surface area contributed by atoms with Gasteiger partial charge < -0.3 is 5.32 Å². The van der Waals surface area contributed by atoms with Gasteiger partial charge in [-0.25, -0.2) is 4.98 Å². The molecule has 1 aromatic carbocycles. The molecule has 4 aromatic rings. The fourth-order valence-electron chi connectivity index (χ4n) is 3.19. The Balaban J connectivity index is 1.63. The van der Waals surface area contributed by atoms with Crippen LogP contribution in [-0.4, -0.2) is 15.0 Å². The van der Waals surface area contributed by atoms with E-state index in [1.54, 1.807) is 0 Å². The molecule has 0 radical (unpaired) electrons. The van der Waals surface area contributed by atoms with Gasteiger partial charge in [0, 0.05) is 48.0 Å². The Bertz CT molecular complexity index is 1120. The number of pyridine rings is 3. The van der Waals surface area contributed by atoms with Crippen LogP contribution >= 0.6 is 0 Å². The highest BCUT2D eigenvalue weighted by Gasteiger charge is 2.06. The summed E-state index contributed by atoms with van der Waals surface area (Å²) in [7, 11) is 0. The van der Waals surface area contributed by atoms with E-state index in [1.807, 2.05) is 37.8 Å². The molecule has 3 aromatic heterocycles. The SMILES string of the molecule is Cc1cncc(-c2ccc3c(NCc4cnc(C)c(C)c4)nccc3c2)c1. The molecular weight excluding hydrogens is 332 g/mol. The molecule has 0 amide bonds. The van der Waals surface area contributed by atoms with Crippen LogP contribution in [0.15, 0.2) is 61.2 Å². The van der Waals surface area contributed by atoms with E-state index in [0.29, 0.717) is 6.54 Å². The summed E-state index contributed by atoms with van der Waals surface area (Å²) in [6.07, 6.45) is 7.55.